The van der Waals surface area contributed by atoms with Crippen molar-refractivity contribution in [3.8, 4) is 56.3 Å². The molecular formula is C66H70CaF2N4O12. The molecule has 6 aromatic carbocycles. The number of carboxylic acid groups (broad SMARTS) is 2. The molecule has 0 spiro atoms. The van der Waals surface area contributed by atoms with E-state index in [1.165, 1.54) is 97.1 Å². The molecule has 2 radical (unpaired) electrons. The van der Waals surface area contributed by atoms with E-state index in [2.05, 4.69) is 10.6 Å². The zero-order valence-corrected chi connectivity index (χ0v) is 49.1. The Morgan fingerprint density at radius 2 is 0.800 bits per heavy atom. The number of benzene rings is 6. The van der Waals surface area contributed by atoms with Crippen LogP contribution in [0.15, 0.2) is 157 Å². The van der Waals surface area contributed by atoms with Crippen molar-refractivity contribution in [2.24, 2.45) is 0 Å². The first-order chi connectivity index (χ1) is 44.2. The summed E-state index contributed by atoms with van der Waals surface area (Å²) in [6.07, 6.45) is -6.68. The Morgan fingerprint density at radius 1 is 0.482 bits per heavy atom. The van der Waals surface area contributed by atoms with E-state index in [-0.39, 0.29) is 133 Å². The quantitative estimate of drug-likeness (QED) is 0.0200. The SMILES string of the molecule is [2H]c1c([2H])c([2H])c(-c2c(C(=O)Nc3ccc(O)cc3)c(C(C)C)n(CC[C@@H](O)C[C@@H](O)CC(=O)O)c2-c2ccc(F)cc2)c([2H])c1[2H].[2H]c1c([2H])c([2H])c(-c2c(C(=O)Nc3ccc(O)cc3)c(C(C)C)n(CC[C@@H](O)C[C@@H](O)CC(=O)O)c2-c2ccc(F)cc2)c([2H])c1[2H].[Ca]. The van der Waals surface area contributed by atoms with E-state index in [0.717, 1.165) is 0 Å². The van der Waals surface area contributed by atoms with Gasteiger partial charge < -0.3 is 60.6 Å². The summed E-state index contributed by atoms with van der Waals surface area (Å²) in [6, 6.07) is 15.7. The first-order valence-corrected chi connectivity index (χ1v) is 26.8. The number of carbonyl (C=O) groups excluding carboxylic acids is 2. The Kier molecular flexibility index (Phi) is 19.2. The monoisotopic (exact) mass is 1200 g/mol. The minimum absolute atomic E-state index is 0. The Bertz CT molecular complexity index is 3800. The zero-order valence-electron chi connectivity index (χ0n) is 56.9. The smallest absolute Gasteiger partial charge is 0.305 e. The summed E-state index contributed by atoms with van der Waals surface area (Å²) < 4.78 is 117. The fraction of sp³-hybridized carbons (Fsp3) is 0.273. The predicted octanol–water partition coefficient (Wildman–Crippen LogP) is 11.7. The number of aliphatic hydroxyl groups excluding tert-OH is 4. The number of aromatic nitrogens is 2. The van der Waals surface area contributed by atoms with Gasteiger partial charge in [-0.3, -0.25) is 19.2 Å². The summed E-state index contributed by atoms with van der Waals surface area (Å²) in [6.45, 7) is 7.12. The zero-order chi connectivity index (χ0) is 69.5. The van der Waals surface area contributed by atoms with Crippen LogP contribution < -0.4 is 10.6 Å². The van der Waals surface area contributed by atoms with Gasteiger partial charge in [-0.1, -0.05) is 88.1 Å². The maximum Gasteiger partial charge on any atom is 0.305 e. The van der Waals surface area contributed by atoms with Gasteiger partial charge in [0, 0.05) is 84.7 Å². The van der Waals surface area contributed by atoms with Gasteiger partial charge in [0.2, 0.25) is 0 Å². The van der Waals surface area contributed by atoms with E-state index in [9.17, 15) is 58.6 Å². The van der Waals surface area contributed by atoms with Crippen LogP contribution in [0.2, 0.25) is 0 Å². The van der Waals surface area contributed by atoms with Gasteiger partial charge in [-0.25, -0.2) is 8.78 Å². The summed E-state index contributed by atoms with van der Waals surface area (Å²) in [5, 5.41) is 84.8. The number of carboxylic acids is 2. The number of rotatable bonds is 24. The molecule has 2 heterocycles. The van der Waals surface area contributed by atoms with E-state index in [4.69, 9.17) is 23.9 Å². The van der Waals surface area contributed by atoms with Crippen molar-refractivity contribution in [3.63, 3.8) is 0 Å². The first-order valence-electron chi connectivity index (χ1n) is 31.8. The van der Waals surface area contributed by atoms with Gasteiger partial charge in [0.05, 0.1) is 73.5 Å². The number of nitrogens with one attached hydrogen (secondary N) is 2. The second-order valence-electron chi connectivity index (χ2n) is 20.5. The van der Waals surface area contributed by atoms with Gasteiger partial charge in [-0.15, -0.1) is 0 Å². The largest absolute Gasteiger partial charge is 0.508 e. The molecule has 2 amide bonds. The molecule has 8 rings (SSSR count). The molecule has 0 saturated carbocycles. The Hall–Kier alpha value is -7.68. The molecule has 0 aliphatic rings. The van der Waals surface area contributed by atoms with Gasteiger partial charge in [0.15, 0.2) is 0 Å². The number of phenolic OH excluding ortho intramolecular Hbond substituents is 2. The molecule has 0 unspecified atom stereocenters. The molecular weight excluding hydrogens is 1120 g/mol. The number of amides is 2. The molecule has 85 heavy (non-hydrogen) atoms. The predicted molar refractivity (Wildman–Crippen MR) is 324 cm³/mol. The van der Waals surface area contributed by atoms with Gasteiger partial charge in [0.25, 0.3) is 11.8 Å². The third-order valence-electron chi connectivity index (χ3n) is 13.4. The van der Waals surface area contributed by atoms with E-state index in [1.807, 2.05) is 0 Å². The maximum absolute atomic E-state index is 14.3. The number of carbonyl (C=O) groups is 4. The topological polar surface area (TPSA) is 264 Å². The Morgan fingerprint density at radius 3 is 1.09 bits per heavy atom. The average molecular weight is 1200 g/mol. The van der Waals surface area contributed by atoms with E-state index in [0.29, 0.717) is 33.9 Å². The molecule has 19 heteroatoms. The number of nitrogens with zero attached hydrogens (tertiary/aromatic N) is 2. The van der Waals surface area contributed by atoms with Crippen LogP contribution in [-0.4, -0.2) is 136 Å². The van der Waals surface area contributed by atoms with Gasteiger partial charge in [-0.2, -0.15) is 0 Å². The summed E-state index contributed by atoms with van der Waals surface area (Å²) >= 11 is 0. The van der Waals surface area contributed by atoms with Crippen LogP contribution in [0.4, 0.5) is 20.2 Å². The van der Waals surface area contributed by atoms with Gasteiger partial charge in [-0.05, 0) is 157 Å². The molecule has 2 aromatic heterocycles. The van der Waals surface area contributed by atoms with Crippen molar-refractivity contribution in [1.29, 1.82) is 0 Å². The summed E-state index contributed by atoms with van der Waals surface area (Å²) in [5.41, 5.74) is 1.92. The van der Waals surface area contributed by atoms with Crippen LogP contribution >= 0.6 is 0 Å². The number of aliphatic hydroxyl groups is 4. The van der Waals surface area contributed by atoms with Gasteiger partial charge in [0.1, 0.15) is 23.1 Å². The second kappa shape index (κ2) is 30.9. The second-order valence-corrected chi connectivity index (χ2v) is 20.5. The number of anilines is 2. The number of aromatic hydroxyl groups is 2. The first kappa shape index (κ1) is 52.8. The fourth-order valence-electron chi connectivity index (χ4n) is 9.92. The van der Waals surface area contributed by atoms with Crippen molar-refractivity contribution in [2.45, 2.75) is 116 Å². The van der Waals surface area contributed by atoms with Gasteiger partial charge >= 0.3 is 11.9 Å². The Balaban J connectivity index is 0.000000298. The number of phenols is 2. The number of hydrogen-bond acceptors (Lipinski definition) is 10. The third kappa shape index (κ3) is 17.7. The molecule has 442 valence electrons. The number of aliphatic carboxylic acids is 2. The normalized spacial score (nSPS) is 14.2. The van der Waals surface area contributed by atoms with Crippen molar-refractivity contribution in [3.05, 3.63) is 192 Å². The number of halogens is 2. The van der Waals surface area contributed by atoms with Crippen LogP contribution in [0.1, 0.15) is 124 Å². The van der Waals surface area contributed by atoms with Crippen molar-refractivity contribution < 1.29 is 82.5 Å². The summed E-state index contributed by atoms with van der Waals surface area (Å²) in [4.78, 5) is 50.6. The molecule has 0 bridgehead atoms. The average Bonchev–Trinajstić information content (AvgIpc) is 1.61. The molecule has 16 nitrogen and oxygen atoms in total. The molecule has 10 N–H and O–H groups in total. The minimum atomic E-state index is -1.32. The van der Waals surface area contributed by atoms with Crippen LogP contribution in [0.5, 0.6) is 11.5 Å². The molecule has 0 fully saturated rings. The van der Waals surface area contributed by atoms with Crippen LogP contribution in [0.3, 0.4) is 0 Å². The van der Waals surface area contributed by atoms with Crippen LogP contribution in [0.25, 0.3) is 44.8 Å². The summed E-state index contributed by atoms with van der Waals surface area (Å²) in [5.74, 6) is -5.91. The molecule has 0 saturated heterocycles. The van der Waals surface area contributed by atoms with Crippen molar-refractivity contribution >= 4 is 72.9 Å². The molecule has 0 aliphatic carbocycles. The van der Waals surface area contributed by atoms with Crippen molar-refractivity contribution in [1.82, 2.24) is 9.13 Å². The fourth-order valence-corrected chi connectivity index (χ4v) is 9.92. The van der Waals surface area contributed by atoms with E-state index in [1.54, 1.807) is 36.8 Å². The van der Waals surface area contributed by atoms with E-state index < -0.39 is 145 Å². The molecule has 4 atom stereocenters. The Labute approximate surface area is 535 Å². The molecule has 8 aromatic rings. The van der Waals surface area contributed by atoms with Crippen molar-refractivity contribution in [2.75, 3.05) is 10.6 Å². The standard InChI is InChI=1S/2C33H35FN2O6.Ca/c2*1-20(2)31-30(33(42)35-24-12-14-25(37)15-13-24)29(21-6-4-3-5-7-21)32(22-8-10-23(34)11-9-22)36(31)17-16-26(38)18-27(39)19-28(40)41;/h2*3-15,20,26-27,37-39H,16-19H2,1-2H3,(H,35,42)(H,40,41);/t2*26-,27-;/m11./s1/i2*3D,4D,5D,6D,7D;. The van der Waals surface area contributed by atoms with Crippen LogP contribution in [-0.2, 0) is 22.7 Å². The summed E-state index contributed by atoms with van der Waals surface area (Å²) in [7, 11) is 0. The molecule has 0 aliphatic heterocycles. The third-order valence-corrected chi connectivity index (χ3v) is 13.4. The minimum Gasteiger partial charge on any atom is -0.508 e. The van der Waals surface area contributed by atoms with E-state index >= 15 is 0 Å². The van der Waals surface area contributed by atoms with Crippen LogP contribution in [0, 0.1) is 11.6 Å². The number of hydrogen-bond donors (Lipinski definition) is 10. The maximum atomic E-state index is 14.3.